The third kappa shape index (κ3) is 5.06. The molecule has 0 radical (unpaired) electrons. The van der Waals surface area contributed by atoms with Crippen molar-refractivity contribution in [3.8, 4) is 5.88 Å². The Hall–Kier alpha value is -0.580. The summed E-state index contributed by atoms with van der Waals surface area (Å²) in [5, 5.41) is 11.4. The molecule has 1 N–H and O–H groups in total. The Morgan fingerprint density at radius 2 is 2.24 bits per heavy atom. The second kappa shape index (κ2) is 7.69. The lowest BCUT2D eigenvalue weighted by molar-refractivity contribution is 0.258. The predicted octanol–water partition coefficient (Wildman–Crippen LogP) is 2.46. The number of piperidine rings is 1. The van der Waals surface area contributed by atoms with Crippen LogP contribution in [0.4, 0.5) is 0 Å². The van der Waals surface area contributed by atoms with E-state index in [9.17, 15) is 0 Å². The molecule has 2 rings (SSSR count). The van der Waals surface area contributed by atoms with Crippen LogP contribution in [0.1, 0.15) is 25.7 Å². The van der Waals surface area contributed by atoms with E-state index in [1.54, 1.807) is 12.1 Å². The average molecular weight is 278 g/mol. The first kappa shape index (κ1) is 14.5. The van der Waals surface area contributed by atoms with Gasteiger partial charge in [-0.2, -0.15) is 0 Å². The molecule has 0 bridgehead atoms. The van der Waals surface area contributed by atoms with Gasteiger partial charge < -0.3 is 10.1 Å². The Morgan fingerprint density at radius 3 is 2.88 bits per heavy atom. The van der Waals surface area contributed by atoms with Crippen LogP contribution in [0.15, 0.2) is 12.1 Å². The van der Waals surface area contributed by atoms with E-state index in [4.69, 9.17) is 16.3 Å². The molecule has 0 aliphatic carbocycles. The third-order valence-corrected chi connectivity index (χ3v) is 2.94. The van der Waals surface area contributed by atoms with Crippen molar-refractivity contribution < 1.29 is 4.74 Å². The summed E-state index contributed by atoms with van der Waals surface area (Å²) in [7, 11) is 0. The number of aromatic nitrogens is 2. The Labute approximate surface area is 113 Å². The van der Waals surface area contributed by atoms with Crippen LogP contribution in [0, 0.1) is 0 Å². The Kier molecular flexibility index (Phi) is 6.55. The Balaban J connectivity index is 0.00000144. The summed E-state index contributed by atoms with van der Waals surface area (Å²) in [5.74, 6) is 0.542. The van der Waals surface area contributed by atoms with Gasteiger partial charge in [0, 0.05) is 12.1 Å². The van der Waals surface area contributed by atoms with Crippen molar-refractivity contribution in [2.75, 3.05) is 13.2 Å². The van der Waals surface area contributed by atoms with E-state index in [-0.39, 0.29) is 12.4 Å². The van der Waals surface area contributed by atoms with Crippen LogP contribution < -0.4 is 10.1 Å². The summed E-state index contributed by atoms with van der Waals surface area (Å²) < 4.78 is 5.49. The molecule has 1 atom stereocenters. The molecule has 0 aromatic carbocycles. The maximum absolute atomic E-state index is 5.63. The molecule has 96 valence electrons. The number of hydrogen-bond donors (Lipinski definition) is 1. The van der Waals surface area contributed by atoms with Gasteiger partial charge in [-0.05, 0) is 31.9 Å². The first-order chi connectivity index (χ1) is 7.84. The molecule has 17 heavy (non-hydrogen) atoms. The normalized spacial score (nSPS) is 19.5. The number of nitrogens with one attached hydrogen (secondary N) is 1. The van der Waals surface area contributed by atoms with Crippen LogP contribution in [-0.2, 0) is 0 Å². The van der Waals surface area contributed by atoms with Crippen LogP contribution in [0.5, 0.6) is 5.88 Å². The van der Waals surface area contributed by atoms with Crippen LogP contribution in [0.25, 0.3) is 0 Å². The molecule has 1 aromatic heterocycles. The fraction of sp³-hybridized carbons (Fsp3) is 0.636. The van der Waals surface area contributed by atoms with Gasteiger partial charge in [0.15, 0.2) is 5.15 Å². The summed E-state index contributed by atoms with van der Waals surface area (Å²) in [6.45, 7) is 1.80. The van der Waals surface area contributed by atoms with Crippen molar-refractivity contribution in [2.24, 2.45) is 0 Å². The van der Waals surface area contributed by atoms with Crippen LogP contribution in [0.2, 0.25) is 5.15 Å². The molecule has 2 heterocycles. The molecular weight excluding hydrogens is 261 g/mol. The van der Waals surface area contributed by atoms with E-state index in [0.29, 0.717) is 23.7 Å². The van der Waals surface area contributed by atoms with E-state index >= 15 is 0 Å². The van der Waals surface area contributed by atoms with Crippen molar-refractivity contribution in [3.63, 3.8) is 0 Å². The van der Waals surface area contributed by atoms with E-state index in [2.05, 4.69) is 15.5 Å². The molecule has 4 nitrogen and oxygen atoms in total. The maximum atomic E-state index is 5.63. The molecule has 0 amide bonds. The Bertz CT molecular complexity index is 315. The van der Waals surface area contributed by atoms with E-state index < -0.39 is 0 Å². The zero-order chi connectivity index (χ0) is 11.2. The van der Waals surface area contributed by atoms with E-state index in [0.717, 1.165) is 13.0 Å². The minimum Gasteiger partial charge on any atom is -0.477 e. The minimum absolute atomic E-state index is 0. The van der Waals surface area contributed by atoms with Gasteiger partial charge in [-0.3, -0.25) is 0 Å². The molecule has 1 aromatic rings. The minimum atomic E-state index is 0. The number of hydrogen-bond acceptors (Lipinski definition) is 4. The summed E-state index contributed by atoms with van der Waals surface area (Å²) >= 11 is 5.63. The molecule has 0 spiro atoms. The first-order valence-corrected chi connectivity index (χ1v) is 6.08. The molecule has 1 unspecified atom stereocenters. The van der Waals surface area contributed by atoms with Crippen molar-refractivity contribution in [3.05, 3.63) is 17.3 Å². The summed E-state index contributed by atoms with van der Waals surface area (Å²) in [5.41, 5.74) is 0. The predicted molar refractivity (Wildman–Crippen MR) is 70.0 cm³/mol. The topological polar surface area (TPSA) is 47.0 Å². The fourth-order valence-corrected chi connectivity index (χ4v) is 1.96. The first-order valence-electron chi connectivity index (χ1n) is 5.70. The van der Waals surface area contributed by atoms with Crippen LogP contribution in [-0.4, -0.2) is 29.4 Å². The fourth-order valence-electron chi connectivity index (χ4n) is 1.86. The summed E-state index contributed by atoms with van der Waals surface area (Å²) in [4.78, 5) is 0. The number of rotatable bonds is 4. The lowest BCUT2D eigenvalue weighted by Gasteiger charge is -2.23. The quantitative estimate of drug-likeness (QED) is 0.919. The highest BCUT2D eigenvalue weighted by Gasteiger charge is 2.12. The number of nitrogens with zero attached hydrogens (tertiary/aromatic N) is 2. The molecule has 1 aliphatic rings. The smallest absolute Gasteiger partial charge is 0.233 e. The average Bonchev–Trinajstić information content (AvgIpc) is 2.33. The van der Waals surface area contributed by atoms with Gasteiger partial charge in [-0.25, -0.2) is 0 Å². The monoisotopic (exact) mass is 277 g/mol. The molecular formula is C11H17Cl2N3O. The van der Waals surface area contributed by atoms with Crippen LogP contribution in [0.3, 0.4) is 0 Å². The highest BCUT2D eigenvalue weighted by Crippen LogP contribution is 2.12. The standard InChI is InChI=1S/C11H16ClN3O.ClH/c12-10-4-5-11(15-14-10)16-8-6-9-3-1-2-7-13-9;/h4-5,9,13H,1-3,6-8H2;1H. The third-order valence-electron chi connectivity index (χ3n) is 2.74. The van der Waals surface area contributed by atoms with Gasteiger partial charge in [0.05, 0.1) is 6.61 Å². The van der Waals surface area contributed by atoms with Gasteiger partial charge in [0.25, 0.3) is 0 Å². The van der Waals surface area contributed by atoms with E-state index in [1.165, 1.54) is 19.3 Å². The number of halogens is 2. The molecule has 6 heteroatoms. The highest BCUT2D eigenvalue weighted by molar-refractivity contribution is 6.29. The second-order valence-electron chi connectivity index (χ2n) is 3.98. The van der Waals surface area contributed by atoms with Crippen molar-refractivity contribution in [1.29, 1.82) is 0 Å². The van der Waals surface area contributed by atoms with Crippen molar-refractivity contribution >= 4 is 24.0 Å². The van der Waals surface area contributed by atoms with Crippen molar-refractivity contribution in [1.82, 2.24) is 15.5 Å². The largest absolute Gasteiger partial charge is 0.477 e. The Morgan fingerprint density at radius 1 is 1.35 bits per heavy atom. The molecule has 0 saturated carbocycles. The summed E-state index contributed by atoms with van der Waals surface area (Å²) in [6.07, 6.45) is 4.87. The van der Waals surface area contributed by atoms with Gasteiger partial charge in [0.1, 0.15) is 0 Å². The van der Waals surface area contributed by atoms with Gasteiger partial charge in [0.2, 0.25) is 5.88 Å². The highest BCUT2D eigenvalue weighted by atomic mass is 35.5. The second-order valence-corrected chi connectivity index (χ2v) is 4.37. The molecule has 1 aliphatic heterocycles. The summed E-state index contributed by atoms with van der Waals surface area (Å²) in [6, 6.07) is 4.01. The number of ether oxygens (including phenoxy) is 1. The van der Waals surface area contributed by atoms with E-state index in [1.807, 2.05) is 0 Å². The molecule has 1 saturated heterocycles. The van der Waals surface area contributed by atoms with Crippen LogP contribution >= 0.6 is 24.0 Å². The zero-order valence-electron chi connectivity index (χ0n) is 9.56. The van der Waals surface area contributed by atoms with Gasteiger partial charge in [-0.1, -0.05) is 18.0 Å². The zero-order valence-corrected chi connectivity index (χ0v) is 11.1. The SMILES string of the molecule is Cl.Clc1ccc(OCCC2CCCCN2)nn1. The lowest BCUT2D eigenvalue weighted by Crippen LogP contribution is -2.35. The maximum Gasteiger partial charge on any atom is 0.233 e. The van der Waals surface area contributed by atoms with Gasteiger partial charge in [-0.15, -0.1) is 22.6 Å². The lowest BCUT2D eigenvalue weighted by atomic mass is 10.0. The molecule has 1 fully saturated rings. The van der Waals surface area contributed by atoms with Gasteiger partial charge >= 0.3 is 0 Å². The van der Waals surface area contributed by atoms with Crippen molar-refractivity contribution in [2.45, 2.75) is 31.7 Å².